The minimum absolute atomic E-state index is 0.336. The lowest BCUT2D eigenvalue weighted by Crippen LogP contribution is -2.24. The lowest BCUT2D eigenvalue weighted by molar-refractivity contribution is 0.00648. The summed E-state index contributed by atoms with van der Waals surface area (Å²) in [5, 5.41) is 0.792. The summed E-state index contributed by atoms with van der Waals surface area (Å²) < 4.78 is 27.3. The van der Waals surface area contributed by atoms with Crippen LogP contribution in [-0.4, -0.2) is 45.0 Å². The Hall–Kier alpha value is -3.35. The Labute approximate surface area is 175 Å². The van der Waals surface area contributed by atoms with Gasteiger partial charge in [0.15, 0.2) is 23.0 Å². The third-order valence-corrected chi connectivity index (χ3v) is 4.58. The van der Waals surface area contributed by atoms with E-state index in [9.17, 15) is 4.79 Å². The molecule has 0 unspecified atom stereocenters. The molecule has 0 aliphatic carbocycles. The zero-order valence-electron chi connectivity index (χ0n) is 18.3. The largest absolute Gasteiger partial charge is 0.493 e. The number of esters is 1. The fraction of sp³-hybridized carbons (Fsp3) is 0.348. The number of hydrogen-bond donors (Lipinski definition) is 1. The van der Waals surface area contributed by atoms with E-state index in [1.807, 2.05) is 39.0 Å². The molecule has 1 heterocycles. The van der Waals surface area contributed by atoms with Gasteiger partial charge in [0.2, 0.25) is 0 Å². The third-order valence-electron chi connectivity index (χ3n) is 4.58. The van der Waals surface area contributed by atoms with Crippen molar-refractivity contribution in [1.82, 2.24) is 4.98 Å². The number of nitrogens with one attached hydrogen (secondary N) is 1. The second kappa shape index (κ2) is 8.18. The van der Waals surface area contributed by atoms with Gasteiger partial charge in [-0.05, 0) is 44.5 Å². The summed E-state index contributed by atoms with van der Waals surface area (Å²) in [6, 6.07) is 9.13. The molecule has 3 rings (SSSR count). The number of methoxy groups -OCH3 is 4. The van der Waals surface area contributed by atoms with Crippen molar-refractivity contribution in [3.05, 3.63) is 36.0 Å². The molecule has 30 heavy (non-hydrogen) atoms. The number of ether oxygens (including phenoxy) is 5. The number of aromatic amines is 1. The Bertz CT molecular complexity index is 1080. The molecule has 1 N–H and O–H groups in total. The maximum Gasteiger partial charge on any atom is 0.355 e. The van der Waals surface area contributed by atoms with Crippen LogP contribution in [0.3, 0.4) is 0 Å². The molecule has 0 aliphatic rings. The third kappa shape index (κ3) is 4.01. The number of aromatic nitrogens is 1. The molecule has 0 aliphatic heterocycles. The van der Waals surface area contributed by atoms with Crippen molar-refractivity contribution in [3.63, 3.8) is 0 Å². The minimum atomic E-state index is -0.640. The highest BCUT2D eigenvalue weighted by Crippen LogP contribution is 2.41. The normalized spacial score (nSPS) is 11.3. The lowest BCUT2D eigenvalue weighted by Gasteiger charge is -2.19. The summed E-state index contributed by atoms with van der Waals surface area (Å²) in [6.45, 7) is 5.49. The van der Waals surface area contributed by atoms with Crippen LogP contribution in [0.25, 0.3) is 22.0 Å². The zero-order chi connectivity index (χ0) is 22.1. The van der Waals surface area contributed by atoms with Gasteiger partial charge in [-0.2, -0.15) is 0 Å². The van der Waals surface area contributed by atoms with E-state index in [0.29, 0.717) is 34.3 Å². The molecule has 0 bridgehead atoms. The van der Waals surface area contributed by atoms with Crippen LogP contribution in [0.4, 0.5) is 0 Å². The van der Waals surface area contributed by atoms with Crippen LogP contribution >= 0.6 is 0 Å². The molecule has 0 saturated carbocycles. The molecule has 0 atom stereocenters. The molecule has 7 nitrogen and oxygen atoms in total. The highest BCUT2D eigenvalue weighted by atomic mass is 16.6. The quantitative estimate of drug-likeness (QED) is 0.584. The Morgan fingerprint density at radius 3 is 1.93 bits per heavy atom. The molecule has 2 aromatic carbocycles. The second-order valence-electron chi connectivity index (χ2n) is 7.70. The SMILES string of the molecule is COc1ccc(-c2c(C(=O)OC(C)(C)C)[nH]c3cc(OC)c(OC)cc23)cc1OC. The van der Waals surface area contributed by atoms with Crippen molar-refractivity contribution in [2.45, 2.75) is 26.4 Å². The Kier molecular flexibility index (Phi) is 5.82. The van der Waals surface area contributed by atoms with E-state index in [1.165, 1.54) is 0 Å². The minimum Gasteiger partial charge on any atom is -0.493 e. The fourth-order valence-corrected chi connectivity index (χ4v) is 3.29. The topological polar surface area (TPSA) is 79.0 Å². The Balaban J connectivity index is 2.31. The summed E-state index contributed by atoms with van der Waals surface area (Å²) in [6.07, 6.45) is 0. The van der Waals surface area contributed by atoms with Crippen LogP contribution in [0, 0.1) is 0 Å². The van der Waals surface area contributed by atoms with Gasteiger partial charge in [-0.3, -0.25) is 0 Å². The molecule has 0 amide bonds. The van der Waals surface area contributed by atoms with E-state index >= 15 is 0 Å². The van der Waals surface area contributed by atoms with E-state index in [4.69, 9.17) is 23.7 Å². The first-order valence-electron chi connectivity index (χ1n) is 9.45. The van der Waals surface area contributed by atoms with Gasteiger partial charge in [0.05, 0.1) is 34.0 Å². The maximum atomic E-state index is 13.0. The lowest BCUT2D eigenvalue weighted by atomic mass is 10.0. The molecular formula is C23H27NO6. The van der Waals surface area contributed by atoms with E-state index in [1.54, 1.807) is 40.6 Å². The van der Waals surface area contributed by atoms with Crippen molar-refractivity contribution in [1.29, 1.82) is 0 Å². The standard InChI is InChI=1S/C23H27NO6/c1-23(2,3)30-22(25)21-20(13-8-9-16(26-4)17(10-13)27-5)14-11-18(28-6)19(29-7)12-15(14)24-21/h8-12,24H,1-7H3. The second-order valence-corrected chi connectivity index (χ2v) is 7.70. The van der Waals surface area contributed by atoms with E-state index in [-0.39, 0.29) is 0 Å². The molecule has 0 saturated heterocycles. The van der Waals surface area contributed by atoms with Crippen molar-refractivity contribution in [2.24, 2.45) is 0 Å². The molecule has 7 heteroatoms. The summed E-state index contributed by atoms with van der Waals surface area (Å²) >= 11 is 0. The number of hydrogen-bond acceptors (Lipinski definition) is 6. The molecule has 0 fully saturated rings. The number of H-pyrrole nitrogens is 1. The maximum absolute atomic E-state index is 13.0. The van der Waals surface area contributed by atoms with Gasteiger partial charge in [0.1, 0.15) is 11.3 Å². The van der Waals surface area contributed by atoms with Gasteiger partial charge in [0, 0.05) is 17.0 Å². The first-order chi connectivity index (χ1) is 14.2. The smallest absolute Gasteiger partial charge is 0.355 e. The number of rotatable bonds is 6. The van der Waals surface area contributed by atoms with Crippen LogP contribution in [0.15, 0.2) is 30.3 Å². The molecule has 160 valence electrons. The van der Waals surface area contributed by atoms with Crippen LogP contribution in [0.2, 0.25) is 0 Å². The van der Waals surface area contributed by atoms with Crippen LogP contribution in [0.1, 0.15) is 31.3 Å². The van der Waals surface area contributed by atoms with E-state index < -0.39 is 11.6 Å². The van der Waals surface area contributed by atoms with Crippen molar-refractivity contribution in [3.8, 4) is 34.1 Å². The van der Waals surface area contributed by atoms with E-state index in [2.05, 4.69) is 4.98 Å². The van der Waals surface area contributed by atoms with Crippen LogP contribution in [0.5, 0.6) is 23.0 Å². The number of carbonyl (C=O) groups excluding carboxylic acids is 1. The first kappa shape index (κ1) is 21.4. The number of fused-ring (bicyclic) bond motifs is 1. The molecule has 1 aromatic heterocycles. The van der Waals surface area contributed by atoms with E-state index in [0.717, 1.165) is 16.5 Å². The number of benzene rings is 2. The van der Waals surface area contributed by atoms with Crippen molar-refractivity contribution in [2.75, 3.05) is 28.4 Å². The van der Waals surface area contributed by atoms with Crippen molar-refractivity contribution < 1.29 is 28.5 Å². The Morgan fingerprint density at radius 2 is 1.37 bits per heavy atom. The Morgan fingerprint density at radius 1 is 0.800 bits per heavy atom. The van der Waals surface area contributed by atoms with Crippen LogP contribution in [-0.2, 0) is 4.74 Å². The number of carbonyl (C=O) groups is 1. The van der Waals surface area contributed by atoms with Gasteiger partial charge < -0.3 is 28.7 Å². The molecular weight excluding hydrogens is 386 g/mol. The average Bonchev–Trinajstić information content (AvgIpc) is 3.09. The highest BCUT2D eigenvalue weighted by Gasteiger charge is 2.26. The molecule has 3 aromatic rings. The van der Waals surface area contributed by atoms with Crippen LogP contribution < -0.4 is 18.9 Å². The van der Waals surface area contributed by atoms with Gasteiger partial charge in [-0.15, -0.1) is 0 Å². The summed E-state index contributed by atoms with van der Waals surface area (Å²) in [5.41, 5.74) is 1.87. The van der Waals surface area contributed by atoms with Gasteiger partial charge >= 0.3 is 5.97 Å². The van der Waals surface area contributed by atoms with Crippen molar-refractivity contribution >= 4 is 16.9 Å². The monoisotopic (exact) mass is 413 g/mol. The van der Waals surface area contributed by atoms with Gasteiger partial charge in [-0.1, -0.05) is 6.07 Å². The summed E-state index contributed by atoms with van der Waals surface area (Å²) in [7, 11) is 6.28. The van der Waals surface area contributed by atoms with Gasteiger partial charge in [0.25, 0.3) is 0 Å². The highest BCUT2D eigenvalue weighted by molar-refractivity contribution is 6.09. The van der Waals surface area contributed by atoms with Gasteiger partial charge in [-0.25, -0.2) is 4.79 Å². The summed E-state index contributed by atoms with van der Waals surface area (Å²) in [4.78, 5) is 16.2. The predicted molar refractivity (Wildman–Crippen MR) is 115 cm³/mol. The molecule has 0 radical (unpaired) electrons. The zero-order valence-corrected chi connectivity index (χ0v) is 18.3. The average molecular weight is 413 g/mol. The molecule has 0 spiro atoms. The first-order valence-corrected chi connectivity index (χ1v) is 9.45. The predicted octanol–water partition coefficient (Wildman–Crippen LogP) is 4.82. The summed E-state index contributed by atoms with van der Waals surface area (Å²) in [5.74, 6) is 1.81. The fourth-order valence-electron chi connectivity index (χ4n) is 3.29.